The van der Waals surface area contributed by atoms with E-state index < -0.39 is 5.97 Å². The molecule has 9 nitrogen and oxygen atoms in total. The predicted molar refractivity (Wildman–Crippen MR) is 105 cm³/mol. The van der Waals surface area contributed by atoms with Crippen LogP contribution in [0.3, 0.4) is 0 Å². The lowest BCUT2D eigenvalue weighted by molar-refractivity contribution is -0.139. The minimum absolute atomic E-state index is 0.0279. The number of nitrogens with zero attached hydrogens (tertiary/aromatic N) is 7. The standard InChI is InChI=1S/C17H16ClN7O2S/c1-3-8-28-17-19-16-21-20-14-12(9-13(26)27-2)22-24(15(14)25(16)23-17)11-6-4-10(18)5-7-11/h4-7H,3,8-9H2,1-2H3. The highest BCUT2D eigenvalue weighted by molar-refractivity contribution is 7.99. The minimum Gasteiger partial charge on any atom is -0.469 e. The number of methoxy groups -OCH3 is 1. The van der Waals surface area contributed by atoms with Crippen molar-refractivity contribution in [1.82, 2.24) is 34.6 Å². The fourth-order valence-corrected chi connectivity index (χ4v) is 3.47. The number of carbonyl (C=O) groups excluding carboxylic acids is 1. The summed E-state index contributed by atoms with van der Waals surface area (Å²) < 4.78 is 8.04. The van der Waals surface area contributed by atoms with E-state index in [0.29, 0.717) is 32.8 Å². The molecule has 0 fully saturated rings. The van der Waals surface area contributed by atoms with Gasteiger partial charge in [-0.15, -0.1) is 15.3 Å². The van der Waals surface area contributed by atoms with E-state index in [1.807, 2.05) is 12.1 Å². The summed E-state index contributed by atoms with van der Waals surface area (Å²) in [4.78, 5) is 16.2. The van der Waals surface area contributed by atoms with Crippen LogP contribution in [0, 0.1) is 0 Å². The van der Waals surface area contributed by atoms with E-state index in [9.17, 15) is 4.79 Å². The second-order valence-electron chi connectivity index (χ2n) is 5.91. The first-order chi connectivity index (χ1) is 13.6. The van der Waals surface area contributed by atoms with Crippen LogP contribution in [-0.2, 0) is 16.0 Å². The van der Waals surface area contributed by atoms with Gasteiger partial charge in [-0.1, -0.05) is 30.3 Å². The van der Waals surface area contributed by atoms with Gasteiger partial charge in [0.2, 0.25) is 5.16 Å². The highest BCUT2D eigenvalue weighted by Crippen LogP contribution is 2.23. The van der Waals surface area contributed by atoms with Gasteiger partial charge in [-0.2, -0.15) is 14.6 Å². The number of benzene rings is 1. The lowest BCUT2D eigenvalue weighted by Crippen LogP contribution is -2.06. The molecule has 0 unspecified atom stereocenters. The molecule has 4 aromatic rings. The molecule has 0 aliphatic carbocycles. The second-order valence-corrected chi connectivity index (χ2v) is 7.41. The molecule has 0 amide bonds. The van der Waals surface area contributed by atoms with E-state index in [1.165, 1.54) is 7.11 Å². The van der Waals surface area contributed by atoms with Gasteiger partial charge in [-0.3, -0.25) is 4.79 Å². The van der Waals surface area contributed by atoms with Crippen molar-refractivity contribution in [2.75, 3.05) is 12.9 Å². The van der Waals surface area contributed by atoms with Crippen LogP contribution in [-0.4, -0.2) is 53.4 Å². The van der Waals surface area contributed by atoms with Crippen molar-refractivity contribution in [3.63, 3.8) is 0 Å². The number of hydrogen-bond acceptors (Lipinski definition) is 8. The average molecular weight is 418 g/mol. The van der Waals surface area contributed by atoms with Crippen LogP contribution < -0.4 is 0 Å². The quantitative estimate of drug-likeness (QED) is 0.348. The Balaban J connectivity index is 1.95. The fraction of sp³-hybridized carbons (Fsp3) is 0.294. The molecule has 11 heteroatoms. The monoisotopic (exact) mass is 417 g/mol. The average Bonchev–Trinajstić information content (AvgIpc) is 3.28. The smallest absolute Gasteiger partial charge is 0.311 e. The molecule has 0 saturated heterocycles. The third-order valence-corrected chi connectivity index (χ3v) is 5.26. The lowest BCUT2D eigenvalue weighted by Gasteiger charge is -2.03. The Morgan fingerprint density at radius 3 is 2.71 bits per heavy atom. The molecule has 3 heterocycles. The van der Waals surface area contributed by atoms with Crippen molar-refractivity contribution in [3.8, 4) is 5.69 Å². The molecule has 3 aromatic heterocycles. The van der Waals surface area contributed by atoms with E-state index in [0.717, 1.165) is 17.9 Å². The van der Waals surface area contributed by atoms with Gasteiger partial charge in [-0.05, 0) is 30.7 Å². The molecule has 0 atom stereocenters. The molecule has 144 valence electrons. The van der Waals surface area contributed by atoms with Crippen LogP contribution in [0.4, 0.5) is 0 Å². The van der Waals surface area contributed by atoms with Crippen LogP contribution in [0.15, 0.2) is 29.4 Å². The van der Waals surface area contributed by atoms with Gasteiger partial charge in [0, 0.05) is 10.8 Å². The number of fused-ring (bicyclic) bond motifs is 3. The number of esters is 1. The minimum atomic E-state index is -0.415. The van der Waals surface area contributed by atoms with E-state index in [1.54, 1.807) is 33.1 Å². The van der Waals surface area contributed by atoms with Crippen LogP contribution >= 0.6 is 23.4 Å². The second kappa shape index (κ2) is 7.72. The summed E-state index contributed by atoms with van der Waals surface area (Å²) in [6, 6.07) is 7.18. The third-order valence-electron chi connectivity index (χ3n) is 3.96. The fourth-order valence-electron chi connectivity index (χ4n) is 2.67. The Bertz CT molecular complexity index is 1160. The first kappa shape index (κ1) is 18.6. The molecule has 0 spiro atoms. The highest BCUT2D eigenvalue weighted by atomic mass is 35.5. The Kier molecular flexibility index (Phi) is 5.14. The molecule has 0 saturated carbocycles. The summed E-state index contributed by atoms with van der Waals surface area (Å²) in [7, 11) is 1.33. The van der Waals surface area contributed by atoms with E-state index >= 15 is 0 Å². The highest BCUT2D eigenvalue weighted by Gasteiger charge is 2.21. The number of ether oxygens (including phenoxy) is 1. The van der Waals surface area contributed by atoms with Crippen LogP contribution in [0.25, 0.3) is 22.6 Å². The first-order valence-corrected chi connectivity index (χ1v) is 9.93. The molecule has 4 rings (SSSR count). The zero-order chi connectivity index (χ0) is 19.7. The summed E-state index contributed by atoms with van der Waals surface area (Å²) in [5.41, 5.74) is 2.23. The van der Waals surface area contributed by atoms with Gasteiger partial charge >= 0.3 is 5.97 Å². The number of aromatic nitrogens is 7. The van der Waals surface area contributed by atoms with Gasteiger partial charge in [-0.25, -0.2) is 4.68 Å². The van der Waals surface area contributed by atoms with Gasteiger partial charge in [0.25, 0.3) is 5.78 Å². The SMILES string of the molecule is CCCSc1nc2nnc3c(CC(=O)OC)nn(-c4ccc(Cl)cc4)c3n2n1. The largest absolute Gasteiger partial charge is 0.469 e. The van der Waals surface area contributed by atoms with Crippen LogP contribution in [0.2, 0.25) is 5.02 Å². The van der Waals surface area contributed by atoms with Crippen molar-refractivity contribution in [2.24, 2.45) is 0 Å². The molecular weight excluding hydrogens is 402 g/mol. The molecule has 1 aromatic carbocycles. The summed E-state index contributed by atoms with van der Waals surface area (Å²) in [6.07, 6.45) is 0.979. The van der Waals surface area contributed by atoms with Gasteiger partial charge in [0.1, 0.15) is 5.69 Å². The van der Waals surface area contributed by atoms with Gasteiger partial charge < -0.3 is 4.74 Å². The Hall–Kier alpha value is -2.72. The van der Waals surface area contributed by atoms with Crippen molar-refractivity contribution in [1.29, 1.82) is 0 Å². The summed E-state index contributed by atoms with van der Waals surface area (Å²) in [5, 5.41) is 18.8. The molecule has 0 radical (unpaired) electrons. The zero-order valence-electron chi connectivity index (χ0n) is 15.2. The topological polar surface area (TPSA) is 100 Å². The number of halogens is 1. The molecule has 0 aliphatic rings. The zero-order valence-corrected chi connectivity index (χ0v) is 16.7. The van der Waals surface area contributed by atoms with Gasteiger partial charge in [0.15, 0.2) is 11.2 Å². The number of rotatable bonds is 6. The summed E-state index contributed by atoms with van der Waals surface area (Å²) >= 11 is 7.56. The predicted octanol–water partition coefficient (Wildman–Crippen LogP) is 2.73. The summed E-state index contributed by atoms with van der Waals surface area (Å²) in [6.45, 7) is 2.09. The van der Waals surface area contributed by atoms with Crippen LogP contribution in [0.1, 0.15) is 19.0 Å². The van der Waals surface area contributed by atoms with Crippen molar-refractivity contribution < 1.29 is 9.53 Å². The van der Waals surface area contributed by atoms with Gasteiger partial charge in [0.05, 0.1) is 19.2 Å². The Morgan fingerprint density at radius 2 is 2.00 bits per heavy atom. The maximum Gasteiger partial charge on any atom is 0.311 e. The first-order valence-electron chi connectivity index (χ1n) is 8.57. The van der Waals surface area contributed by atoms with E-state index in [2.05, 4.69) is 32.3 Å². The normalized spacial score (nSPS) is 11.4. The molecule has 0 N–H and O–H groups in total. The van der Waals surface area contributed by atoms with Crippen molar-refractivity contribution >= 4 is 46.3 Å². The Labute approximate surface area is 169 Å². The maximum atomic E-state index is 11.8. The van der Waals surface area contributed by atoms with E-state index in [4.69, 9.17) is 16.3 Å². The lowest BCUT2D eigenvalue weighted by atomic mass is 10.3. The number of carbonyl (C=O) groups is 1. The molecule has 28 heavy (non-hydrogen) atoms. The van der Waals surface area contributed by atoms with E-state index in [-0.39, 0.29) is 6.42 Å². The number of hydrogen-bond donors (Lipinski definition) is 0. The molecule has 0 aliphatic heterocycles. The number of thioether (sulfide) groups is 1. The molecular formula is C17H16ClN7O2S. The Morgan fingerprint density at radius 1 is 1.21 bits per heavy atom. The maximum absolute atomic E-state index is 11.8. The summed E-state index contributed by atoms with van der Waals surface area (Å²) in [5.74, 6) is 0.852. The van der Waals surface area contributed by atoms with Crippen molar-refractivity contribution in [2.45, 2.75) is 24.9 Å². The third kappa shape index (κ3) is 3.40. The molecule has 0 bridgehead atoms. The van der Waals surface area contributed by atoms with Crippen LogP contribution in [0.5, 0.6) is 0 Å². The van der Waals surface area contributed by atoms with Crippen molar-refractivity contribution in [3.05, 3.63) is 35.0 Å².